The molecule has 1 N–H and O–H groups in total. The van der Waals surface area contributed by atoms with Crippen molar-refractivity contribution >= 4 is 28.6 Å². The van der Waals surface area contributed by atoms with E-state index in [-0.39, 0.29) is 17.5 Å². The lowest BCUT2D eigenvalue weighted by atomic mass is 10.1. The first kappa shape index (κ1) is 25.3. The molecule has 1 aliphatic rings. The molecule has 0 atom stereocenters. The van der Waals surface area contributed by atoms with Crippen LogP contribution in [0.4, 0.5) is 5.69 Å². The second-order valence-corrected chi connectivity index (χ2v) is 9.88. The predicted molar refractivity (Wildman–Crippen MR) is 152 cm³/mol. The van der Waals surface area contributed by atoms with Gasteiger partial charge in [-0.2, -0.15) is 4.80 Å². The molecule has 7 rings (SSSR count). The monoisotopic (exact) mass is 560 g/mol. The van der Waals surface area contributed by atoms with Gasteiger partial charge in [0, 0.05) is 43.0 Å². The molecule has 4 aromatic heterocycles. The van der Waals surface area contributed by atoms with Crippen LogP contribution in [0.1, 0.15) is 23.2 Å². The minimum Gasteiger partial charge on any atom is -0.436 e. The summed E-state index contributed by atoms with van der Waals surface area (Å²) in [4.78, 5) is 42.0. The molecule has 2 amide bonds. The van der Waals surface area contributed by atoms with Crippen molar-refractivity contribution < 1.29 is 14.0 Å². The van der Waals surface area contributed by atoms with E-state index in [0.717, 1.165) is 17.1 Å². The molecule has 0 bridgehead atoms. The van der Waals surface area contributed by atoms with Crippen LogP contribution in [0.15, 0.2) is 71.3 Å². The number of carbonyl (C=O) groups is 2. The molecular weight excluding hydrogens is 536 g/mol. The minimum absolute atomic E-state index is 0.173. The molecule has 0 saturated heterocycles. The molecule has 0 radical (unpaired) electrons. The number of rotatable bonds is 5. The summed E-state index contributed by atoms with van der Waals surface area (Å²) in [5, 5.41) is 15.3. The van der Waals surface area contributed by atoms with E-state index in [1.807, 2.05) is 30.3 Å². The van der Waals surface area contributed by atoms with Gasteiger partial charge in [0.2, 0.25) is 17.6 Å². The SMILES string of the molecule is CC(=O)Nc1ccc2oc(-c3ccnc(C(=O)N4CCn5c(nc(-c6nnn(C)n6)c5-c5ccccc5)C4)c3)nc2c1. The van der Waals surface area contributed by atoms with Crippen molar-refractivity contribution in [1.82, 2.24) is 44.6 Å². The van der Waals surface area contributed by atoms with Gasteiger partial charge < -0.3 is 19.2 Å². The second kappa shape index (κ2) is 10.0. The van der Waals surface area contributed by atoms with Crippen molar-refractivity contribution in [2.75, 3.05) is 11.9 Å². The summed E-state index contributed by atoms with van der Waals surface area (Å²) in [6, 6.07) is 18.6. The van der Waals surface area contributed by atoms with E-state index in [9.17, 15) is 9.59 Å². The van der Waals surface area contributed by atoms with Crippen LogP contribution < -0.4 is 5.32 Å². The Labute approximate surface area is 238 Å². The number of hydrogen-bond acceptors (Lipinski definition) is 9. The Balaban J connectivity index is 1.18. The van der Waals surface area contributed by atoms with Crippen LogP contribution in [0.3, 0.4) is 0 Å². The number of carbonyl (C=O) groups excluding carboxylic acids is 2. The normalized spacial score (nSPS) is 12.9. The third-order valence-corrected chi connectivity index (χ3v) is 6.96. The zero-order valence-electron chi connectivity index (χ0n) is 22.7. The van der Waals surface area contributed by atoms with E-state index in [2.05, 4.69) is 35.3 Å². The van der Waals surface area contributed by atoms with Crippen LogP contribution in [0.25, 0.3) is 45.3 Å². The minimum atomic E-state index is -0.226. The number of aromatic nitrogens is 8. The maximum atomic E-state index is 13.6. The Morgan fingerprint density at radius 1 is 0.976 bits per heavy atom. The van der Waals surface area contributed by atoms with Gasteiger partial charge in [0.05, 0.1) is 19.3 Å². The van der Waals surface area contributed by atoms with Gasteiger partial charge in [0.25, 0.3) is 5.91 Å². The van der Waals surface area contributed by atoms with Crippen LogP contribution in [0, 0.1) is 0 Å². The van der Waals surface area contributed by atoms with Gasteiger partial charge in [-0.05, 0) is 35.5 Å². The molecular formula is C29H24N10O3. The average Bonchev–Trinajstić information content (AvgIpc) is 3.73. The molecule has 0 unspecified atom stereocenters. The Hall–Kier alpha value is -5.72. The molecule has 0 aliphatic carbocycles. The number of amides is 2. The van der Waals surface area contributed by atoms with Gasteiger partial charge in [-0.15, -0.1) is 10.2 Å². The summed E-state index contributed by atoms with van der Waals surface area (Å²) in [6.45, 7) is 2.75. The summed E-state index contributed by atoms with van der Waals surface area (Å²) in [5.74, 6) is 1.10. The van der Waals surface area contributed by atoms with E-state index >= 15 is 0 Å². The lowest BCUT2D eigenvalue weighted by Crippen LogP contribution is -2.39. The Morgan fingerprint density at radius 2 is 1.83 bits per heavy atom. The van der Waals surface area contributed by atoms with Gasteiger partial charge in [0.1, 0.15) is 22.7 Å². The van der Waals surface area contributed by atoms with Gasteiger partial charge in [-0.3, -0.25) is 14.6 Å². The van der Waals surface area contributed by atoms with Crippen molar-refractivity contribution in [3.05, 3.63) is 78.4 Å². The third-order valence-electron chi connectivity index (χ3n) is 6.96. The van der Waals surface area contributed by atoms with Gasteiger partial charge in [-0.1, -0.05) is 30.3 Å². The fourth-order valence-corrected chi connectivity index (χ4v) is 5.10. The molecule has 2 aromatic carbocycles. The zero-order valence-corrected chi connectivity index (χ0v) is 22.7. The molecule has 0 fully saturated rings. The highest BCUT2D eigenvalue weighted by molar-refractivity contribution is 5.94. The summed E-state index contributed by atoms with van der Waals surface area (Å²) < 4.78 is 8.05. The largest absolute Gasteiger partial charge is 0.436 e. The lowest BCUT2D eigenvalue weighted by Gasteiger charge is -2.28. The molecule has 6 aromatic rings. The van der Waals surface area contributed by atoms with E-state index < -0.39 is 0 Å². The second-order valence-electron chi connectivity index (χ2n) is 9.88. The molecule has 208 valence electrons. The van der Waals surface area contributed by atoms with Crippen LogP contribution in [-0.2, 0) is 24.9 Å². The summed E-state index contributed by atoms with van der Waals surface area (Å²) in [6.07, 6.45) is 1.57. The quantitative estimate of drug-likeness (QED) is 0.334. The van der Waals surface area contributed by atoms with Crippen LogP contribution in [0.2, 0.25) is 0 Å². The number of imidazole rings is 1. The first-order valence-electron chi connectivity index (χ1n) is 13.3. The fourth-order valence-electron chi connectivity index (χ4n) is 5.10. The van der Waals surface area contributed by atoms with Gasteiger partial charge in [0.15, 0.2) is 5.58 Å². The molecule has 5 heterocycles. The number of anilines is 1. The smallest absolute Gasteiger partial charge is 0.272 e. The number of tetrazole rings is 1. The Kier molecular flexibility index (Phi) is 6.03. The highest BCUT2D eigenvalue weighted by atomic mass is 16.3. The number of fused-ring (bicyclic) bond motifs is 2. The standard InChI is InChI=1S/C29H24N10O3/c1-17(40)31-20-8-9-23-21(15-20)32-28(42-23)19-10-11-30-22(14-19)29(41)38-12-13-39-24(16-38)33-25(27-34-36-37(2)35-27)26(39)18-6-4-3-5-7-18/h3-11,14-15H,12-13,16H2,1-2H3,(H,31,40). The van der Waals surface area contributed by atoms with Crippen molar-refractivity contribution in [2.45, 2.75) is 20.0 Å². The molecule has 0 spiro atoms. The van der Waals surface area contributed by atoms with E-state index in [1.54, 1.807) is 48.5 Å². The number of nitrogens with one attached hydrogen (secondary N) is 1. The highest BCUT2D eigenvalue weighted by Crippen LogP contribution is 2.33. The fraction of sp³-hybridized carbons (Fsp3) is 0.172. The van der Waals surface area contributed by atoms with Crippen molar-refractivity contribution in [1.29, 1.82) is 0 Å². The van der Waals surface area contributed by atoms with Crippen LogP contribution in [-0.4, -0.2) is 63.0 Å². The number of benzene rings is 2. The predicted octanol–water partition coefficient (Wildman–Crippen LogP) is 3.56. The molecule has 42 heavy (non-hydrogen) atoms. The summed E-state index contributed by atoms with van der Waals surface area (Å²) >= 11 is 0. The average molecular weight is 561 g/mol. The Morgan fingerprint density at radius 3 is 2.62 bits per heavy atom. The number of aryl methyl sites for hydroxylation is 1. The number of nitrogens with zero attached hydrogens (tertiary/aromatic N) is 9. The lowest BCUT2D eigenvalue weighted by molar-refractivity contribution is -0.114. The van der Waals surface area contributed by atoms with E-state index in [0.29, 0.717) is 59.4 Å². The molecule has 0 saturated carbocycles. The summed E-state index contributed by atoms with van der Waals surface area (Å²) in [7, 11) is 1.71. The first-order chi connectivity index (χ1) is 20.4. The van der Waals surface area contributed by atoms with Crippen molar-refractivity contribution in [3.63, 3.8) is 0 Å². The topological polar surface area (TPSA) is 150 Å². The van der Waals surface area contributed by atoms with E-state index in [4.69, 9.17) is 9.40 Å². The molecule has 13 nitrogen and oxygen atoms in total. The Bertz CT molecular complexity index is 1970. The highest BCUT2D eigenvalue weighted by Gasteiger charge is 2.30. The van der Waals surface area contributed by atoms with Crippen LogP contribution in [0.5, 0.6) is 0 Å². The number of hydrogen-bond donors (Lipinski definition) is 1. The van der Waals surface area contributed by atoms with Gasteiger partial charge >= 0.3 is 0 Å². The van der Waals surface area contributed by atoms with E-state index in [1.165, 1.54) is 11.7 Å². The zero-order chi connectivity index (χ0) is 28.8. The number of oxazole rings is 1. The summed E-state index contributed by atoms with van der Waals surface area (Å²) in [5.41, 5.74) is 5.16. The molecule has 13 heteroatoms. The van der Waals surface area contributed by atoms with Crippen LogP contribution >= 0.6 is 0 Å². The van der Waals surface area contributed by atoms with Crippen molar-refractivity contribution in [2.24, 2.45) is 7.05 Å². The van der Waals surface area contributed by atoms with Gasteiger partial charge in [-0.25, -0.2) is 9.97 Å². The molecule has 1 aliphatic heterocycles. The number of pyridine rings is 1. The maximum absolute atomic E-state index is 13.6. The van der Waals surface area contributed by atoms with Crippen molar-refractivity contribution in [3.8, 4) is 34.2 Å². The third kappa shape index (κ3) is 4.56. The first-order valence-corrected chi connectivity index (χ1v) is 13.3. The maximum Gasteiger partial charge on any atom is 0.272 e.